The van der Waals surface area contributed by atoms with Gasteiger partial charge in [0.2, 0.25) is 0 Å². The minimum absolute atomic E-state index is 0.000867. The molecule has 0 saturated carbocycles. The lowest BCUT2D eigenvalue weighted by molar-refractivity contribution is 0.426. The van der Waals surface area contributed by atoms with Crippen molar-refractivity contribution in [3.8, 4) is 78.3 Å². The second-order valence-corrected chi connectivity index (χ2v) is 20.7. The predicted molar refractivity (Wildman–Crippen MR) is 364 cm³/mol. The first kappa shape index (κ1) is 37.1. The zero-order chi connectivity index (χ0) is 73.6. The van der Waals surface area contributed by atoms with Gasteiger partial charge in [0.1, 0.15) is 22.7 Å². The third kappa shape index (κ3) is 9.96. The smallest absolute Gasteiger partial charge is 0.455 e. The van der Waals surface area contributed by atoms with Crippen LogP contribution in [-0.2, 0) is 0 Å². The van der Waals surface area contributed by atoms with E-state index in [1.165, 1.54) is 0 Å². The fourth-order valence-electron chi connectivity index (χ4n) is 11.4. The second-order valence-electron chi connectivity index (χ2n) is 19.9. The van der Waals surface area contributed by atoms with Gasteiger partial charge in [0, 0.05) is 33.0 Å². The van der Waals surface area contributed by atoms with Crippen LogP contribution in [0.5, 0.6) is 0 Å². The summed E-state index contributed by atoms with van der Waals surface area (Å²) in [7, 11) is -2.05. The number of fused-ring (bicyclic) bond motifs is 6. The van der Waals surface area contributed by atoms with Gasteiger partial charge in [-0.05, 0) is 127 Å². The third-order valence-electron chi connectivity index (χ3n) is 15.0. The van der Waals surface area contributed by atoms with Crippen LogP contribution in [0, 0.1) is 0 Å². The highest BCUT2D eigenvalue weighted by molar-refractivity contribution is 9.10. The van der Waals surface area contributed by atoms with Gasteiger partial charge >= 0.3 is 7.12 Å². The predicted octanol–water partition coefficient (Wildman–Crippen LogP) is 21.3. The van der Waals surface area contributed by atoms with Gasteiger partial charge in [0.15, 0.2) is 0 Å². The van der Waals surface area contributed by atoms with Gasteiger partial charge in [-0.2, -0.15) is 0 Å². The van der Waals surface area contributed by atoms with Crippen molar-refractivity contribution in [2.24, 2.45) is 0 Å². The van der Waals surface area contributed by atoms with E-state index in [4.69, 9.17) is 30.8 Å². The summed E-state index contributed by atoms with van der Waals surface area (Å²) in [5.74, 6) is 1.44. The number of rotatable bonds is 8. The van der Waals surface area contributed by atoms with E-state index >= 15 is 0 Å². The average molecular weight is 1190 g/mol. The summed E-state index contributed by atoms with van der Waals surface area (Å²) in [5, 5.41) is 25.2. The van der Waals surface area contributed by atoms with E-state index in [2.05, 4.69) is 22.0 Å². The van der Waals surface area contributed by atoms with Gasteiger partial charge in [0.25, 0.3) is 0 Å². The highest BCUT2D eigenvalue weighted by Gasteiger charge is 2.26. The normalized spacial score (nSPS) is 14.1. The quantitative estimate of drug-likeness (QED) is 0.118. The molecule has 14 aromatic carbocycles. The number of hydrogen-bond acceptors (Lipinski definition) is 4. The summed E-state index contributed by atoms with van der Waals surface area (Å²) in [4.78, 5) is 0. The first-order valence-corrected chi connectivity index (χ1v) is 28.1. The lowest BCUT2D eigenvalue weighted by Gasteiger charge is -2.20. The van der Waals surface area contributed by atoms with Crippen molar-refractivity contribution in [3.63, 3.8) is 0 Å². The molecule has 0 aliphatic heterocycles. The summed E-state index contributed by atoms with van der Waals surface area (Å²) < 4.78 is 168. The monoisotopic (exact) mass is 1190 g/mol. The topological polar surface area (TPSA) is 66.7 Å². The van der Waals surface area contributed by atoms with E-state index in [0.29, 0.717) is 71.8 Å². The van der Waals surface area contributed by atoms with Crippen molar-refractivity contribution < 1.29 is 43.6 Å². The number of halogens is 1. The van der Waals surface area contributed by atoms with Crippen molar-refractivity contribution in [1.82, 2.24) is 0 Å². The molecule has 0 atom stereocenters. The van der Waals surface area contributed by atoms with Crippen molar-refractivity contribution in [2.75, 3.05) is 0 Å². The summed E-state index contributed by atoms with van der Waals surface area (Å²) in [6.45, 7) is 0. The summed E-state index contributed by atoms with van der Waals surface area (Å²) >= 11 is 3.59. The molecule has 16 aromatic rings. The van der Waals surface area contributed by atoms with Gasteiger partial charge in [-0.25, -0.2) is 0 Å². The molecule has 4 nitrogen and oxygen atoms in total. The van der Waals surface area contributed by atoms with Crippen molar-refractivity contribution in [2.45, 2.75) is 0 Å². The number of para-hydroxylation sites is 2. The SMILES string of the molecule is Brc1c(-c2ccccc2)oc2ccccc12.[2H]c1c([2H])c([2H])c(-c2ccccc2-c2c3ccccc3c(-c3c(-c4ccccc4)oc4ccccc34)c3c([2H])c([2H])c([2H])c([2H])c23)c([2H])c1[2H].[2H]c1c([2H])c([2H])c(-c2ccccc2-c2c3ccccc3c(B(O)O)c3c([2H])c([2H])c([2H])c([2H])c23)c([2H])c1[2H]. The molecule has 0 aliphatic rings. The molecular formula is C80H54BBrO4. The standard InChI is InChI=1S/C40H26O.C26H19BO2.C14H9BrO/c1-3-15-27(16-4-1)29-19-7-8-20-30(29)37-31-21-9-11-23-33(31)38(34-24-12-10-22-32(34)37)39-35-25-13-14-26-36(35)41-40(39)28-17-5-2-6-18-28;28-27(29)26-23-16-8-6-14-21(23)25(22-15-7-9-17-24(22)26)20-13-5-4-12-19(20)18-10-2-1-3-11-18;15-13-11-8-4-5-9-12(11)16-14(13)10-6-2-1-3-7-10/h1-26H;1-17,28-29H;1-9H/i1D,3D,4D,9D,11D,15D,16D,21D,23D;1D,2D,3D,6D,8D,10D,11D,14D,16D;. The molecule has 408 valence electrons. The zero-order valence-corrected chi connectivity index (χ0v) is 46.9. The molecular weight excluding hydrogens is 1120 g/mol. The Labute approximate surface area is 532 Å². The van der Waals surface area contributed by atoms with Crippen molar-refractivity contribution >= 4 is 93.5 Å². The third-order valence-corrected chi connectivity index (χ3v) is 15.8. The van der Waals surface area contributed by atoms with Crippen LogP contribution in [0.1, 0.15) is 24.7 Å². The fraction of sp³-hybridized carbons (Fsp3) is 0. The fourth-order valence-corrected chi connectivity index (χ4v) is 12.0. The van der Waals surface area contributed by atoms with Crippen molar-refractivity contribution in [3.05, 3.63) is 319 Å². The first-order valence-electron chi connectivity index (χ1n) is 36.3. The Morgan fingerprint density at radius 1 is 0.279 bits per heavy atom. The minimum Gasteiger partial charge on any atom is -0.455 e. The molecule has 0 spiro atoms. The largest absolute Gasteiger partial charge is 0.489 e. The lowest BCUT2D eigenvalue weighted by atomic mass is 9.72. The van der Waals surface area contributed by atoms with Gasteiger partial charge in [-0.3, -0.25) is 0 Å². The Morgan fingerprint density at radius 3 is 1.14 bits per heavy atom. The maximum Gasteiger partial charge on any atom is 0.489 e. The maximum atomic E-state index is 10.3. The van der Waals surface area contributed by atoms with Crippen molar-refractivity contribution in [1.29, 1.82) is 0 Å². The van der Waals surface area contributed by atoms with Gasteiger partial charge in [0.05, 0.1) is 29.1 Å². The molecule has 0 unspecified atom stereocenters. The van der Waals surface area contributed by atoms with Crippen LogP contribution < -0.4 is 5.46 Å². The van der Waals surface area contributed by atoms with Crippen LogP contribution in [0.3, 0.4) is 0 Å². The van der Waals surface area contributed by atoms with Gasteiger partial charge in [-0.1, -0.05) is 297 Å². The van der Waals surface area contributed by atoms with Crippen LogP contribution in [0.2, 0.25) is 0 Å². The molecule has 2 N–H and O–H groups in total. The van der Waals surface area contributed by atoms with E-state index in [0.717, 1.165) is 37.7 Å². The van der Waals surface area contributed by atoms with E-state index in [-0.39, 0.29) is 67.9 Å². The van der Waals surface area contributed by atoms with Crippen LogP contribution in [-0.4, -0.2) is 17.2 Å². The van der Waals surface area contributed by atoms with E-state index in [1.807, 2.05) is 127 Å². The second kappa shape index (κ2) is 23.7. The summed E-state index contributed by atoms with van der Waals surface area (Å²) in [5.41, 5.74) is 6.75. The summed E-state index contributed by atoms with van der Waals surface area (Å²) in [6, 6.07) is 55.2. The van der Waals surface area contributed by atoms with Crippen LogP contribution in [0.25, 0.3) is 143 Å². The van der Waals surface area contributed by atoms with E-state index in [9.17, 15) is 12.8 Å². The average Bonchev–Trinajstić information content (AvgIpc) is 1.11. The molecule has 0 radical (unpaired) electrons. The lowest BCUT2D eigenvalue weighted by Crippen LogP contribution is -2.31. The first-order chi connectivity index (χ1) is 50.0. The Morgan fingerprint density at radius 2 is 0.628 bits per heavy atom. The van der Waals surface area contributed by atoms with Crippen LogP contribution in [0.15, 0.2) is 328 Å². The molecule has 6 heteroatoms. The zero-order valence-electron chi connectivity index (χ0n) is 63.3. The Bertz CT molecular complexity index is 6170. The molecule has 16 rings (SSSR count). The Kier molecular flexibility index (Phi) is 10.2. The molecule has 0 bridgehead atoms. The molecule has 86 heavy (non-hydrogen) atoms. The molecule has 2 heterocycles. The molecule has 2 aromatic heterocycles. The number of benzene rings is 14. The molecule has 0 saturated heterocycles. The number of furan rings is 2. The maximum absolute atomic E-state index is 10.3. The molecule has 0 aliphatic carbocycles. The Balaban J connectivity index is 0.000000148. The highest BCUT2D eigenvalue weighted by Crippen LogP contribution is 2.51. The summed E-state index contributed by atoms with van der Waals surface area (Å²) in [6.07, 6.45) is 0. The highest BCUT2D eigenvalue weighted by atomic mass is 79.9. The van der Waals surface area contributed by atoms with Crippen LogP contribution in [0.4, 0.5) is 0 Å². The number of hydrogen-bond donors (Lipinski definition) is 2. The minimum atomic E-state index is -2.05. The van der Waals surface area contributed by atoms with E-state index < -0.39 is 91.7 Å². The Hall–Kier alpha value is -10.3. The van der Waals surface area contributed by atoms with Gasteiger partial charge in [-0.15, -0.1) is 0 Å². The molecule has 0 fully saturated rings. The van der Waals surface area contributed by atoms with Crippen LogP contribution >= 0.6 is 15.9 Å². The van der Waals surface area contributed by atoms with Gasteiger partial charge < -0.3 is 18.9 Å². The van der Waals surface area contributed by atoms with E-state index in [1.54, 1.807) is 72.8 Å². The molecule has 0 amide bonds.